The summed E-state index contributed by atoms with van der Waals surface area (Å²) in [5, 5.41) is 5.89. The molecule has 5 fully saturated rings. The molecule has 4 heterocycles. The van der Waals surface area contributed by atoms with Gasteiger partial charge in [-0.15, -0.1) is 11.6 Å². The van der Waals surface area contributed by atoms with Gasteiger partial charge in [-0.05, 0) is 57.4 Å². The van der Waals surface area contributed by atoms with Crippen molar-refractivity contribution >= 4 is 23.4 Å². The topological polar surface area (TPSA) is 71.2 Å². The Kier molecular flexibility index (Phi) is 8.00. The van der Waals surface area contributed by atoms with Crippen LogP contribution in [0.4, 0.5) is 13.2 Å². The van der Waals surface area contributed by atoms with Crippen molar-refractivity contribution in [3.63, 3.8) is 0 Å². The third kappa shape index (κ3) is 5.48. The fraction of sp³-hybridized carbons (Fsp3) is 0.920. The lowest BCUT2D eigenvalue weighted by Crippen LogP contribution is -2.70. The number of hydrogen-bond acceptors (Lipinski definition) is 6. The first-order valence-corrected chi connectivity index (χ1v) is 14.2. The molecule has 2 N–H and O–H groups in total. The van der Waals surface area contributed by atoms with Gasteiger partial charge in [-0.2, -0.15) is 13.2 Å². The van der Waals surface area contributed by atoms with Crippen molar-refractivity contribution in [3.8, 4) is 0 Å². The fourth-order valence-electron chi connectivity index (χ4n) is 7.66. The molecule has 4 unspecified atom stereocenters. The van der Waals surface area contributed by atoms with Crippen LogP contribution in [0.2, 0.25) is 0 Å². The quantitative estimate of drug-likeness (QED) is 0.415. The minimum absolute atomic E-state index is 0.0657. The summed E-state index contributed by atoms with van der Waals surface area (Å²) in [5.41, 5.74) is 3.32. The van der Waals surface area contributed by atoms with E-state index in [9.17, 15) is 22.8 Å². The highest BCUT2D eigenvalue weighted by Crippen LogP contribution is 2.41. The number of carbonyl (C=O) groups excluding carboxylic acids is 2. The van der Waals surface area contributed by atoms with Crippen LogP contribution in [0.3, 0.4) is 0 Å². The lowest BCUT2D eigenvalue weighted by atomic mass is 9.78. The molecule has 5 aliphatic rings. The van der Waals surface area contributed by atoms with Gasteiger partial charge in [0.25, 0.3) is 0 Å². The Hall–Kier alpha value is -1.14. The highest BCUT2D eigenvalue weighted by molar-refractivity contribution is 6.20. The molecule has 0 bridgehead atoms. The van der Waals surface area contributed by atoms with Crippen LogP contribution < -0.4 is 10.7 Å². The van der Waals surface area contributed by atoms with E-state index in [1.54, 1.807) is 7.05 Å². The Morgan fingerprint density at radius 2 is 1.86 bits per heavy atom. The molecule has 37 heavy (non-hydrogen) atoms. The molecule has 1 aliphatic carbocycles. The van der Waals surface area contributed by atoms with Crippen LogP contribution in [0, 0.1) is 11.8 Å². The molecule has 2 amide bonds. The van der Waals surface area contributed by atoms with Crippen LogP contribution in [-0.2, 0) is 9.59 Å². The summed E-state index contributed by atoms with van der Waals surface area (Å²) in [7, 11) is 2.90. The van der Waals surface area contributed by atoms with Gasteiger partial charge in [-0.3, -0.25) is 19.8 Å². The number of carbonyl (C=O) groups is 2. The van der Waals surface area contributed by atoms with E-state index in [1.807, 2.05) is 0 Å². The van der Waals surface area contributed by atoms with Crippen LogP contribution in [0.15, 0.2) is 0 Å². The van der Waals surface area contributed by atoms with Crippen LogP contribution in [0.25, 0.3) is 0 Å². The van der Waals surface area contributed by atoms with Crippen molar-refractivity contribution in [2.24, 2.45) is 11.8 Å². The van der Waals surface area contributed by atoms with Crippen molar-refractivity contribution in [1.29, 1.82) is 0 Å². The summed E-state index contributed by atoms with van der Waals surface area (Å²) >= 11 is 6.35. The Bertz CT molecular complexity index is 857. The molecule has 12 heteroatoms. The highest BCUT2D eigenvalue weighted by atomic mass is 35.5. The van der Waals surface area contributed by atoms with Gasteiger partial charge in [0.05, 0.1) is 17.6 Å². The summed E-state index contributed by atoms with van der Waals surface area (Å²) in [6, 6.07) is -0.863. The largest absolute Gasteiger partial charge is 0.409 e. The highest BCUT2D eigenvalue weighted by Gasteiger charge is 2.52. The molecule has 210 valence electrons. The maximum absolute atomic E-state index is 14.4. The number of hydrogen-bond donors (Lipinski definition) is 2. The zero-order valence-electron chi connectivity index (χ0n) is 21.7. The Labute approximate surface area is 222 Å². The summed E-state index contributed by atoms with van der Waals surface area (Å²) < 4.78 is 43.1. The summed E-state index contributed by atoms with van der Waals surface area (Å²) in [6.07, 6.45) is 1.59. The predicted molar refractivity (Wildman–Crippen MR) is 133 cm³/mol. The molecule has 0 aromatic heterocycles. The SMILES string of the molecule is CN1C[C@@H](C(=O)N(C)[C@@H](C2CCC(N3CCCC4C3CNC3CC(Cl)NN34)CC2)C(F)(F)F)CCC1=O. The van der Waals surface area contributed by atoms with E-state index in [1.165, 1.54) is 11.9 Å². The van der Waals surface area contributed by atoms with Gasteiger partial charge in [0.1, 0.15) is 6.04 Å². The number of nitrogens with one attached hydrogen (secondary N) is 2. The molecule has 8 nitrogen and oxygen atoms in total. The van der Waals surface area contributed by atoms with Gasteiger partial charge in [0.2, 0.25) is 11.8 Å². The van der Waals surface area contributed by atoms with Gasteiger partial charge in [-0.1, -0.05) is 0 Å². The number of halogens is 4. The molecule has 5 rings (SSSR count). The van der Waals surface area contributed by atoms with Gasteiger partial charge in [-0.25, -0.2) is 10.4 Å². The van der Waals surface area contributed by atoms with Crippen LogP contribution in [-0.4, -0.2) is 107 Å². The van der Waals surface area contributed by atoms with Crippen molar-refractivity contribution in [2.45, 2.75) is 99.8 Å². The Morgan fingerprint density at radius 1 is 1.14 bits per heavy atom. The van der Waals surface area contributed by atoms with E-state index in [2.05, 4.69) is 20.7 Å². The molecular formula is C25H40ClF3N6O2. The lowest BCUT2D eigenvalue weighted by Gasteiger charge is -2.53. The number of nitrogens with zero attached hydrogens (tertiary/aromatic N) is 4. The molecule has 0 radical (unpaired) electrons. The van der Waals surface area contributed by atoms with Gasteiger partial charge >= 0.3 is 6.18 Å². The van der Waals surface area contributed by atoms with E-state index in [-0.39, 0.29) is 36.6 Å². The number of likely N-dealkylation sites (tertiary alicyclic amines) is 2. The van der Waals surface area contributed by atoms with Crippen molar-refractivity contribution in [3.05, 3.63) is 0 Å². The fourth-order valence-corrected chi connectivity index (χ4v) is 7.95. The Morgan fingerprint density at radius 3 is 2.54 bits per heavy atom. The molecular weight excluding hydrogens is 509 g/mol. The average Bonchev–Trinajstić information content (AvgIpc) is 3.25. The van der Waals surface area contributed by atoms with Crippen molar-refractivity contribution < 1.29 is 22.8 Å². The zero-order chi connectivity index (χ0) is 26.5. The summed E-state index contributed by atoms with van der Waals surface area (Å²) in [4.78, 5) is 29.8. The van der Waals surface area contributed by atoms with E-state index in [0.29, 0.717) is 44.2 Å². The minimum Gasteiger partial charge on any atom is -0.345 e. The maximum atomic E-state index is 14.4. The van der Waals surface area contributed by atoms with Crippen molar-refractivity contribution in [1.82, 2.24) is 30.5 Å². The smallest absolute Gasteiger partial charge is 0.345 e. The maximum Gasteiger partial charge on any atom is 0.409 e. The van der Waals surface area contributed by atoms with Gasteiger partial charge < -0.3 is 9.80 Å². The Balaban J connectivity index is 1.22. The predicted octanol–water partition coefficient (Wildman–Crippen LogP) is 2.34. The summed E-state index contributed by atoms with van der Waals surface area (Å²) in [6.45, 7) is 2.02. The normalized spacial score (nSPS) is 38.7. The second-order valence-electron chi connectivity index (χ2n) is 11.7. The van der Waals surface area contributed by atoms with E-state index in [4.69, 9.17) is 11.6 Å². The zero-order valence-corrected chi connectivity index (χ0v) is 22.5. The molecule has 0 spiro atoms. The molecule has 6 atom stereocenters. The second kappa shape index (κ2) is 10.8. The van der Waals surface area contributed by atoms with Crippen LogP contribution >= 0.6 is 11.6 Å². The van der Waals surface area contributed by atoms with Crippen LogP contribution in [0.5, 0.6) is 0 Å². The summed E-state index contributed by atoms with van der Waals surface area (Å²) in [5.74, 6) is -1.75. The number of piperidine rings is 2. The molecule has 0 aromatic rings. The second-order valence-corrected chi connectivity index (χ2v) is 12.2. The van der Waals surface area contributed by atoms with Gasteiger partial charge in [0.15, 0.2) is 0 Å². The first-order chi connectivity index (χ1) is 17.5. The monoisotopic (exact) mass is 548 g/mol. The molecule has 0 aromatic carbocycles. The van der Waals surface area contributed by atoms with E-state index in [0.717, 1.165) is 37.3 Å². The standard InChI is InChI=1S/C25H40ClF3N6O2/c1-32-14-16(7-10-22(32)36)24(37)33(2)23(25(27,28)29)15-5-8-17(9-6-15)34-11-3-4-18-19(34)13-30-21-12-20(26)31-35(18)21/h15-21,23,30-31H,3-14H2,1-2H3/t15?,16-,17?,18?,19?,20?,21?,23-/m0/s1. The number of rotatable bonds is 4. The third-order valence-corrected chi connectivity index (χ3v) is 9.77. The molecule has 1 saturated carbocycles. The first-order valence-electron chi connectivity index (χ1n) is 13.8. The van der Waals surface area contributed by atoms with Crippen molar-refractivity contribution in [2.75, 3.05) is 33.7 Å². The number of fused-ring (bicyclic) bond motifs is 3. The molecule has 4 aliphatic heterocycles. The molecule has 4 saturated heterocycles. The van der Waals surface area contributed by atoms with E-state index < -0.39 is 30.0 Å². The first kappa shape index (κ1) is 27.4. The number of alkyl halides is 4. The lowest BCUT2D eigenvalue weighted by molar-refractivity contribution is -0.203. The van der Waals surface area contributed by atoms with Gasteiger partial charge in [0, 0.05) is 58.2 Å². The number of amides is 2. The minimum atomic E-state index is -4.49. The number of hydrazine groups is 1. The average molecular weight is 549 g/mol. The van der Waals surface area contributed by atoms with Crippen LogP contribution in [0.1, 0.15) is 57.8 Å². The third-order valence-electron chi connectivity index (χ3n) is 9.49. The van der Waals surface area contributed by atoms with E-state index >= 15 is 0 Å².